The van der Waals surface area contributed by atoms with Crippen LogP contribution in [0.1, 0.15) is 78.4 Å². The van der Waals surface area contributed by atoms with E-state index in [9.17, 15) is 4.79 Å². The fourth-order valence-electron chi connectivity index (χ4n) is 7.60. The molecule has 1 saturated heterocycles. The number of carbonyl (C=O) groups excluding carboxylic acids is 1. The third-order valence-corrected chi connectivity index (χ3v) is 16.3. The summed E-state index contributed by atoms with van der Waals surface area (Å²) in [5, 5.41) is 4.32. The summed E-state index contributed by atoms with van der Waals surface area (Å²) in [6, 6.07) is 13.9. The summed E-state index contributed by atoms with van der Waals surface area (Å²) >= 11 is 13.8. The van der Waals surface area contributed by atoms with Gasteiger partial charge in [0, 0.05) is 28.6 Å². The molecule has 1 aliphatic heterocycles. The van der Waals surface area contributed by atoms with Crippen LogP contribution in [0.4, 0.5) is 0 Å². The van der Waals surface area contributed by atoms with Gasteiger partial charge in [-0.3, -0.25) is 4.79 Å². The third kappa shape index (κ3) is 6.91. The van der Waals surface area contributed by atoms with Gasteiger partial charge in [-0.2, -0.15) is 0 Å². The first kappa shape index (κ1) is 31.4. The predicted octanol–water partition coefficient (Wildman–Crippen LogP) is 9.23. The van der Waals surface area contributed by atoms with E-state index in [-0.39, 0.29) is 23.8 Å². The molecule has 2 fully saturated rings. The van der Waals surface area contributed by atoms with Crippen LogP contribution in [0.25, 0.3) is 0 Å². The number of hydrogen-bond donors (Lipinski definition) is 1. The van der Waals surface area contributed by atoms with Gasteiger partial charge in [-0.1, -0.05) is 95.1 Å². The Morgan fingerprint density at radius 2 is 1.55 bits per heavy atom. The molecular weight excluding hydrogens is 557 g/mol. The molecule has 0 spiro atoms. The van der Waals surface area contributed by atoms with Crippen molar-refractivity contribution in [2.45, 2.75) is 103 Å². The van der Waals surface area contributed by atoms with Gasteiger partial charge in [0.05, 0.1) is 0 Å². The molecule has 4 nitrogen and oxygen atoms in total. The molecule has 1 saturated carbocycles. The van der Waals surface area contributed by atoms with Crippen molar-refractivity contribution < 1.29 is 14.0 Å². The molecule has 4 atom stereocenters. The number of benzene rings is 2. The summed E-state index contributed by atoms with van der Waals surface area (Å²) in [5.74, 6) is 1.61. The molecule has 0 aromatic heterocycles. The Balaban J connectivity index is 1.59. The average molecular weight is 605 g/mol. The second kappa shape index (κ2) is 13.6. The van der Waals surface area contributed by atoms with Crippen molar-refractivity contribution in [1.82, 2.24) is 5.32 Å². The number of halogens is 2. The highest BCUT2D eigenvalue weighted by molar-refractivity contribution is 6.77. The lowest BCUT2D eigenvalue weighted by atomic mass is 9.71. The molecule has 2 aromatic carbocycles. The van der Waals surface area contributed by atoms with Crippen LogP contribution in [0.5, 0.6) is 5.75 Å². The van der Waals surface area contributed by atoms with E-state index in [2.05, 4.69) is 46.9 Å². The Kier molecular flexibility index (Phi) is 10.7. The largest absolute Gasteiger partial charge is 0.489 e. The van der Waals surface area contributed by atoms with Crippen molar-refractivity contribution in [2.24, 2.45) is 17.8 Å². The Labute approximate surface area is 252 Å². The van der Waals surface area contributed by atoms with Crippen LogP contribution in [0.2, 0.25) is 26.7 Å². The van der Waals surface area contributed by atoms with Crippen LogP contribution in [-0.2, 0) is 22.2 Å². The number of amides is 1. The van der Waals surface area contributed by atoms with E-state index in [1.165, 1.54) is 0 Å². The molecule has 1 aliphatic carbocycles. The highest BCUT2D eigenvalue weighted by atomic mass is 35.5. The van der Waals surface area contributed by atoms with Crippen LogP contribution in [0, 0.1) is 17.8 Å². The maximum Gasteiger partial charge on any atom is 0.223 e. The van der Waals surface area contributed by atoms with E-state index in [1.54, 1.807) is 0 Å². The first-order chi connectivity index (χ1) is 19.0. The van der Waals surface area contributed by atoms with Gasteiger partial charge in [0.25, 0.3) is 0 Å². The molecule has 4 rings (SSSR count). The zero-order chi connectivity index (χ0) is 29.0. The minimum Gasteiger partial charge on any atom is -0.489 e. The second-order valence-electron chi connectivity index (χ2n) is 12.8. The lowest BCUT2D eigenvalue weighted by Gasteiger charge is -2.48. The van der Waals surface area contributed by atoms with Crippen LogP contribution >= 0.6 is 23.2 Å². The summed E-state index contributed by atoms with van der Waals surface area (Å²) in [6.07, 6.45) is 4.78. The molecule has 2 aromatic rings. The molecule has 220 valence electrons. The molecule has 1 amide bonds. The van der Waals surface area contributed by atoms with E-state index in [1.807, 2.05) is 42.5 Å². The van der Waals surface area contributed by atoms with Crippen molar-refractivity contribution in [3.05, 3.63) is 63.6 Å². The molecule has 7 heteroatoms. The maximum absolute atomic E-state index is 12.6. The fraction of sp³-hybridized carbons (Fsp3) is 0.606. The second-order valence-corrected chi connectivity index (χ2v) is 19.1. The van der Waals surface area contributed by atoms with E-state index in [0.29, 0.717) is 44.9 Å². The van der Waals surface area contributed by atoms with Crippen molar-refractivity contribution in [3.63, 3.8) is 0 Å². The van der Waals surface area contributed by atoms with Crippen LogP contribution < -0.4 is 10.1 Å². The topological polar surface area (TPSA) is 47.6 Å². The van der Waals surface area contributed by atoms with Crippen LogP contribution in [0.15, 0.2) is 42.5 Å². The van der Waals surface area contributed by atoms with Gasteiger partial charge in [-0.05, 0) is 83.8 Å². The smallest absolute Gasteiger partial charge is 0.223 e. The highest BCUT2D eigenvalue weighted by Gasteiger charge is 2.49. The molecular formula is C33H47Cl2NO3Si. The molecule has 0 bridgehead atoms. The molecule has 0 radical (unpaired) electrons. The molecule has 2 aliphatic rings. The Hall–Kier alpha value is -1.53. The van der Waals surface area contributed by atoms with E-state index < -0.39 is 8.32 Å². The number of nitrogens with one attached hydrogen (secondary N) is 1. The zero-order valence-corrected chi connectivity index (χ0v) is 27.5. The van der Waals surface area contributed by atoms with Crippen LogP contribution in [0.3, 0.4) is 0 Å². The van der Waals surface area contributed by atoms with Gasteiger partial charge < -0.3 is 14.5 Å². The average Bonchev–Trinajstić information content (AvgIpc) is 3.34. The number of rotatable bonds is 11. The van der Waals surface area contributed by atoms with E-state index in [0.717, 1.165) is 49.8 Å². The summed E-state index contributed by atoms with van der Waals surface area (Å²) < 4.78 is 13.4. The molecule has 40 heavy (non-hydrogen) atoms. The summed E-state index contributed by atoms with van der Waals surface area (Å²) in [7, 11) is -2.09. The first-order valence-electron chi connectivity index (χ1n) is 15.1. The standard InChI is InChI=1S/C33H47Cl2NO3Si/c1-21(2)40(22(3)4,23(5)6)39-32-13-12-25(28-14-15-36-33(28)37)16-26(32)17-29-30(34)18-27(19-31(29)35)38-20-24-10-8-7-9-11-24/h7-11,18-19,21-23,25-26,28,32H,12-17,20H2,1-6H3,(H,36,37)/t25?,26?,28-,32?/m1/s1. The van der Waals surface area contributed by atoms with Gasteiger partial charge in [0.15, 0.2) is 0 Å². The SMILES string of the molecule is CC(C)[Si](OC1CCC([C@H]2CCNC2=O)CC1Cc1c(Cl)cc(OCc2ccccc2)cc1Cl)(C(C)C)C(C)C. The summed E-state index contributed by atoms with van der Waals surface area (Å²) in [4.78, 5) is 12.6. The highest BCUT2D eigenvalue weighted by Crippen LogP contribution is 2.48. The Bertz CT molecular complexity index is 1090. The molecule has 1 heterocycles. The van der Waals surface area contributed by atoms with Crippen LogP contribution in [-0.4, -0.2) is 26.9 Å². The number of hydrogen-bond acceptors (Lipinski definition) is 3. The number of carbonyl (C=O) groups is 1. The third-order valence-electron chi connectivity index (χ3n) is 9.51. The monoisotopic (exact) mass is 603 g/mol. The lowest BCUT2D eigenvalue weighted by molar-refractivity contribution is -0.124. The van der Waals surface area contributed by atoms with Gasteiger partial charge >= 0.3 is 0 Å². The quantitative estimate of drug-likeness (QED) is 0.260. The van der Waals surface area contributed by atoms with Gasteiger partial charge in [0.1, 0.15) is 12.4 Å². The normalized spacial score (nSPS) is 23.7. The van der Waals surface area contributed by atoms with Crippen molar-refractivity contribution in [1.29, 1.82) is 0 Å². The van der Waals surface area contributed by atoms with Gasteiger partial charge in [0.2, 0.25) is 14.2 Å². The summed E-state index contributed by atoms with van der Waals surface area (Å²) in [5.41, 5.74) is 3.59. The lowest BCUT2D eigenvalue weighted by Crippen LogP contribution is -2.52. The minimum atomic E-state index is -2.09. The van der Waals surface area contributed by atoms with E-state index >= 15 is 0 Å². The molecule has 1 N–H and O–H groups in total. The first-order valence-corrected chi connectivity index (χ1v) is 18.0. The maximum atomic E-state index is 12.6. The van der Waals surface area contributed by atoms with E-state index in [4.69, 9.17) is 32.4 Å². The minimum absolute atomic E-state index is 0.102. The zero-order valence-electron chi connectivity index (χ0n) is 25.0. The van der Waals surface area contributed by atoms with Crippen molar-refractivity contribution in [2.75, 3.05) is 6.54 Å². The fourth-order valence-corrected chi connectivity index (χ4v) is 13.9. The van der Waals surface area contributed by atoms with Crippen molar-refractivity contribution >= 4 is 37.4 Å². The van der Waals surface area contributed by atoms with Crippen molar-refractivity contribution in [3.8, 4) is 5.75 Å². The Morgan fingerprint density at radius 3 is 2.10 bits per heavy atom. The predicted molar refractivity (Wildman–Crippen MR) is 169 cm³/mol. The molecule has 3 unspecified atom stereocenters. The number of ether oxygens (including phenoxy) is 1. The summed E-state index contributed by atoms with van der Waals surface area (Å²) in [6.45, 7) is 15.3. The van der Waals surface area contributed by atoms with Gasteiger partial charge in [-0.15, -0.1) is 0 Å². The van der Waals surface area contributed by atoms with Gasteiger partial charge in [-0.25, -0.2) is 0 Å². The Morgan fingerprint density at radius 1 is 0.925 bits per heavy atom.